The van der Waals surface area contributed by atoms with Crippen molar-refractivity contribution in [3.05, 3.63) is 29.8 Å². The number of hydrogen-bond donors (Lipinski definition) is 1. The lowest BCUT2D eigenvalue weighted by molar-refractivity contribution is -0.133. The van der Waals surface area contributed by atoms with Crippen molar-refractivity contribution >= 4 is 17.6 Å². The number of urea groups is 1. The van der Waals surface area contributed by atoms with Crippen LogP contribution >= 0.6 is 0 Å². The normalized spacial score (nSPS) is 27.8. The van der Waals surface area contributed by atoms with Gasteiger partial charge in [0, 0.05) is 31.9 Å². The highest BCUT2D eigenvalue weighted by Gasteiger charge is 2.56. The van der Waals surface area contributed by atoms with E-state index >= 15 is 0 Å². The lowest BCUT2D eigenvalue weighted by atomic mass is 9.96. The number of nitrogens with one attached hydrogen (secondary N) is 1. The van der Waals surface area contributed by atoms with Gasteiger partial charge in [0.25, 0.3) is 5.91 Å². The van der Waals surface area contributed by atoms with Crippen LogP contribution in [0.15, 0.2) is 24.3 Å². The summed E-state index contributed by atoms with van der Waals surface area (Å²) in [5.41, 5.74) is 1.83. The molecule has 25 heavy (non-hydrogen) atoms. The van der Waals surface area contributed by atoms with E-state index in [1.807, 2.05) is 6.92 Å². The van der Waals surface area contributed by atoms with Gasteiger partial charge in [0.2, 0.25) is 0 Å². The van der Waals surface area contributed by atoms with E-state index in [9.17, 15) is 9.59 Å². The number of aryl methyl sites for hydroxylation is 1. The average Bonchev–Trinajstić information content (AvgIpc) is 3.42. The summed E-state index contributed by atoms with van der Waals surface area (Å²) in [6.07, 6.45) is 2.07. The second-order valence-corrected chi connectivity index (χ2v) is 7.73. The minimum absolute atomic E-state index is 0.0545. The van der Waals surface area contributed by atoms with Gasteiger partial charge in [-0.25, -0.2) is 9.69 Å². The van der Waals surface area contributed by atoms with Gasteiger partial charge in [-0.2, -0.15) is 0 Å². The number of imide groups is 1. The zero-order chi connectivity index (χ0) is 17.6. The van der Waals surface area contributed by atoms with Crippen molar-refractivity contribution in [2.24, 2.45) is 5.92 Å². The van der Waals surface area contributed by atoms with Crippen molar-refractivity contribution in [3.63, 3.8) is 0 Å². The first-order valence-corrected chi connectivity index (χ1v) is 9.15. The Hall–Kier alpha value is -2.08. The first-order valence-electron chi connectivity index (χ1n) is 9.15. The monoisotopic (exact) mass is 342 g/mol. The summed E-state index contributed by atoms with van der Waals surface area (Å²) >= 11 is 0. The molecular formula is C19H26N4O2. The van der Waals surface area contributed by atoms with Crippen LogP contribution in [-0.4, -0.2) is 60.1 Å². The second kappa shape index (κ2) is 6.02. The fourth-order valence-corrected chi connectivity index (χ4v) is 3.95. The molecule has 2 aliphatic heterocycles. The molecule has 6 heteroatoms. The number of carbonyl (C=O) groups is 2. The summed E-state index contributed by atoms with van der Waals surface area (Å²) in [7, 11) is 0. The van der Waals surface area contributed by atoms with Gasteiger partial charge in [0.1, 0.15) is 5.54 Å². The van der Waals surface area contributed by atoms with Crippen LogP contribution in [-0.2, 0) is 4.79 Å². The van der Waals surface area contributed by atoms with E-state index in [0.717, 1.165) is 39.0 Å². The van der Waals surface area contributed by atoms with Crippen molar-refractivity contribution in [2.45, 2.75) is 32.2 Å². The molecule has 1 N–H and O–H groups in total. The molecule has 3 aliphatic rings. The maximum Gasteiger partial charge on any atom is 0.326 e. The molecule has 1 aromatic rings. The molecule has 0 radical (unpaired) electrons. The van der Waals surface area contributed by atoms with E-state index in [1.165, 1.54) is 16.2 Å². The molecule has 0 aromatic heterocycles. The Morgan fingerprint density at radius 3 is 2.52 bits per heavy atom. The van der Waals surface area contributed by atoms with Gasteiger partial charge in [-0.1, -0.05) is 12.1 Å². The lowest BCUT2D eigenvalue weighted by Crippen LogP contribution is -2.52. The van der Waals surface area contributed by atoms with Crippen LogP contribution in [0.5, 0.6) is 0 Å². The van der Waals surface area contributed by atoms with Gasteiger partial charge in [-0.3, -0.25) is 9.69 Å². The zero-order valence-electron chi connectivity index (χ0n) is 15.0. The van der Waals surface area contributed by atoms with Gasteiger partial charge in [0.05, 0.1) is 6.67 Å². The largest absolute Gasteiger partial charge is 0.369 e. The van der Waals surface area contributed by atoms with E-state index in [0.29, 0.717) is 12.6 Å². The van der Waals surface area contributed by atoms with Gasteiger partial charge in [-0.15, -0.1) is 0 Å². The molecule has 3 amide bonds. The first kappa shape index (κ1) is 16.4. The fraction of sp³-hybridized carbons (Fsp3) is 0.579. The number of piperazine rings is 1. The van der Waals surface area contributed by atoms with Crippen LogP contribution in [0.1, 0.15) is 25.3 Å². The number of amides is 3. The third kappa shape index (κ3) is 2.99. The Balaban J connectivity index is 1.36. The molecule has 1 atom stereocenters. The summed E-state index contributed by atoms with van der Waals surface area (Å²) in [6.45, 7) is 7.90. The number of carbonyl (C=O) groups excluding carboxylic acids is 2. The van der Waals surface area contributed by atoms with Gasteiger partial charge >= 0.3 is 6.03 Å². The first-order chi connectivity index (χ1) is 12.0. The Labute approximate surface area is 148 Å². The van der Waals surface area contributed by atoms with Crippen molar-refractivity contribution in [1.29, 1.82) is 0 Å². The molecule has 134 valence electrons. The maximum absolute atomic E-state index is 12.7. The quantitative estimate of drug-likeness (QED) is 0.848. The van der Waals surface area contributed by atoms with Crippen LogP contribution in [0.2, 0.25) is 0 Å². The summed E-state index contributed by atoms with van der Waals surface area (Å²) < 4.78 is 0. The fourth-order valence-electron chi connectivity index (χ4n) is 3.95. The van der Waals surface area contributed by atoms with E-state index in [-0.39, 0.29) is 11.9 Å². The van der Waals surface area contributed by atoms with Crippen molar-refractivity contribution < 1.29 is 9.59 Å². The van der Waals surface area contributed by atoms with E-state index in [2.05, 4.69) is 46.3 Å². The molecule has 0 spiro atoms. The van der Waals surface area contributed by atoms with Crippen molar-refractivity contribution in [2.75, 3.05) is 37.7 Å². The highest BCUT2D eigenvalue weighted by atomic mass is 16.2. The van der Waals surface area contributed by atoms with Gasteiger partial charge < -0.3 is 10.2 Å². The number of nitrogens with zero attached hydrogens (tertiary/aromatic N) is 3. The van der Waals surface area contributed by atoms with Crippen LogP contribution < -0.4 is 10.2 Å². The standard InChI is InChI=1S/C19H26N4O2/c1-14-4-3-5-16(12-14)22-10-8-21(9-11-22)13-23-17(24)19(2,15-6-7-15)20-18(23)25/h3-5,12,15H,6-11,13H2,1-2H3,(H,20,25)/t19-/m0/s1. The molecule has 2 heterocycles. The minimum atomic E-state index is -0.680. The predicted molar refractivity (Wildman–Crippen MR) is 96.3 cm³/mol. The topological polar surface area (TPSA) is 55.9 Å². The molecule has 1 aliphatic carbocycles. The van der Waals surface area contributed by atoms with Crippen LogP contribution in [0, 0.1) is 12.8 Å². The molecule has 4 rings (SSSR count). The molecule has 1 aromatic carbocycles. The van der Waals surface area contributed by atoms with Gasteiger partial charge in [0.15, 0.2) is 0 Å². The van der Waals surface area contributed by atoms with Crippen molar-refractivity contribution in [3.8, 4) is 0 Å². The Morgan fingerprint density at radius 2 is 1.88 bits per heavy atom. The maximum atomic E-state index is 12.7. The van der Waals surface area contributed by atoms with Crippen LogP contribution in [0.25, 0.3) is 0 Å². The van der Waals surface area contributed by atoms with Crippen LogP contribution in [0.4, 0.5) is 10.5 Å². The summed E-state index contributed by atoms with van der Waals surface area (Å²) in [4.78, 5) is 31.0. The highest BCUT2D eigenvalue weighted by Crippen LogP contribution is 2.42. The SMILES string of the molecule is Cc1cccc(N2CCN(CN3C(=O)N[C@@](C)(C4CC4)C3=O)CC2)c1. The Kier molecular flexibility index (Phi) is 3.95. The smallest absolute Gasteiger partial charge is 0.326 e. The number of hydrogen-bond acceptors (Lipinski definition) is 4. The molecule has 1 saturated carbocycles. The van der Waals surface area contributed by atoms with E-state index in [4.69, 9.17) is 0 Å². The summed E-state index contributed by atoms with van der Waals surface area (Å²) in [5, 5.41) is 2.92. The summed E-state index contributed by atoms with van der Waals surface area (Å²) in [5.74, 6) is 0.258. The average molecular weight is 342 g/mol. The van der Waals surface area contributed by atoms with E-state index < -0.39 is 5.54 Å². The van der Waals surface area contributed by atoms with E-state index in [1.54, 1.807) is 0 Å². The number of benzene rings is 1. The number of anilines is 1. The molecule has 3 fully saturated rings. The van der Waals surface area contributed by atoms with Crippen molar-refractivity contribution in [1.82, 2.24) is 15.1 Å². The minimum Gasteiger partial charge on any atom is -0.369 e. The Morgan fingerprint density at radius 1 is 1.16 bits per heavy atom. The predicted octanol–water partition coefficient (Wildman–Crippen LogP) is 1.80. The third-order valence-electron chi connectivity index (χ3n) is 5.78. The summed E-state index contributed by atoms with van der Waals surface area (Å²) in [6, 6.07) is 8.30. The highest BCUT2D eigenvalue weighted by molar-refractivity contribution is 6.07. The lowest BCUT2D eigenvalue weighted by Gasteiger charge is -2.37. The molecule has 6 nitrogen and oxygen atoms in total. The Bertz CT molecular complexity index is 694. The molecule has 0 bridgehead atoms. The number of rotatable bonds is 4. The van der Waals surface area contributed by atoms with Gasteiger partial charge in [-0.05, 0) is 50.3 Å². The second-order valence-electron chi connectivity index (χ2n) is 7.73. The molecular weight excluding hydrogens is 316 g/mol. The van der Waals surface area contributed by atoms with Crippen LogP contribution in [0.3, 0.4) is 0 Å². The zero-order valence-corrected chi connectivity index (χ0v) is 15.0. The molecule has 2 saturated heterocycles. The third-order valence-corrected chi connectivity index (χ3v) is 5.78. The molecule has 0 unspecified atom stereocenters.